The summed E-state index contributed by atoms with van der Waals surface area (Å²) in [4.78, 5) is 14.7. The molecular weight excluding hydrogens is 306 g/mol. The van der Waals surface area contributed by atoms with Crippen molar-refractivity contribution in [2.45, 2.75) is 20.0 Å². The molecule has 1 amide bonds. The molecule has 128 valence electrons. The number of furan rings is 1. The highest BCUT2D eigenvalue weighted by Gasteiger charge is 2.14. The van der Waals surface area contributed by atoms with Gasteiger partial charge in [-0.1, -0.05) is 12.1 Å². The lowest BCUT2D eigenvalue weighted by atomic mass is 10.1. The number of rotatable bonds is 5. The molecule has 0 atom stereocenters. The number of morpholine rings is 1. The van der Waals surface area contributed by atoms with Gasteiger partial charge in [-0.3, -0.25) is 9.69 Å². The summed E-state index contributed by atoms with van der Waals surface area (Å²) in [5.74, 6) is 0.406. The third kappa shape index (κ3) is 4.03. The fourth-order valence-corrected chi connectivity index (χ4v) is 2.72. The Labute approximate surface area is 141 Å². The van der Waals surface area contributed by atoms with E-state index in [1.807, 2.05) is 19.1 Å². The van der Waals surface area contributed by atoms with Crippen molar-refractivity contribution in [3.8, 4) is 0 Å². The standard InChI is InChI=1S/C18H23N3O3/c1-13-2-3-14(11-21-4-6-23-7-5-21)8-17(13)20-18(22)15-9-16(10-19)24-12-15/h2-3,8-9,12H,4-7,10-11,19H2,1H3,(H,20,22). The zero-order valence-corrected chi connectivity index (χ0v) is 13.9. The van der Waals surface area contributed by atoms with Crippen molar-refractivity contribution in [1.29, 1.82) is 0 Å². The number of nitrogens with two attached hydrogens (primary N) is 1. The molecule has 2 aromatic rings. The Kier molecular flexibility index (Phi) is 5.30. The van der Waals surface area contributed by atoms with Gasteiger partial charge in [0.25, 0.3) is 5.91 Å². The van der Waals surface area contributed by atoms with E-state index in [9.17, 15) is 4.79 Å². The molecule has 0 spiro atoms. The molecule has 1 saturated heterocycles. The third-order valence-corrected chi connectivity index (χ3v) is 4.18. The maximum atomic E-state index is 12.4. The Hall–Kier alpha value is -2.15. The van der Waals surface area contributed by atoms with Crippen molar-refractivity contribution in [2.24, 2.45) is 5.73 Å². The van der Waals surface area contributed by atoms with Crippen LogP contribution in [0.3, 0.4) is 0 Å². The predicted molar refractivity (Wildman–Crippen MR) is 91.8 cm³/mol. The van der Waals surface area contributed by atoms with E-state index in [-0.39, 0.29) is 12.5 Å². The number of amides is 1. The number of hydrogen-bond donors (Lipinski definition) is 2. The number of ether oxygens (including phenoxy) is 1. The lowest BCUT2D eigenvalue weighted by molar-refractivity contribution is 0.0342. The second-order valence-electron chi connectivity index (χ2n) is 6.00. The molecule has 3 rings (SSSR count). The van der Waals surface area contributed by atoms with Crippen LogP contribution in [0.1, 0.15) is 27.2 Å². The summed E-state index contributed by atoms with van der Waals surface area (Å²) in [5.41, 5.74) is 9.01. The van der Waals surface area contributed by atoms with Gasteiger partial charge in [0, 0.05) is 25.3 Å². The Bertz CT molecular complexity index is 705. The van der Waals surface area contributed by atoms with Crippen LogP contribution < -0.4 is 11.1 Å². The van der Waals surface area contributed by atoms with Gasteiger partial charge in [0.2, 0.25) is 0 Å². The Morgan fingerprint density at radius 3 is 2.79 bits per heavy atom. The van der Waals surface area contributed by atoms with E-state index in [0.29, 0.717) is 11.3 Å². The first-order valence-electron chi connectivity index (χ1n) is 8.14. The van der Waals surface area contributed by atoms with Gasteiger partial charge >= 0.3 is 0 Å². The van der Waals surface area contributed by atoms with Crippen LogP contribution in [-0.2, 0) is 17.8 Å². The van der Waals surface area contributed by atoms with Gasteiger partial charge in [-0.2, -0.15) is 0 Å². The fourth-order valence-electron chi connectivity index (χ4n) is 2.72. The quantitative estimate of drug-likeness (QED) is 0.878. The Morgan fingerprint density at radius 1 is 1.29 bits per heavy atom. The molecule has 1 aromatic carbocycles. The number of anilines is 1. The van der Waals surface area contributed by atoms with Crippen LogP contribution in [0.4, 0.5) is 5.69 Å². The van der Waals surface area contributed by atoms with Gasteiger partial charge in [-0.25, -0.2) is 0 Å². The molecule has 1 fully saturated rings. The number of nitrogens with one attached hydrogen (secondary N) is 1. The highest BCUT2D eigenvalue weighted by molar-refractivity contribution is 6.04. The van der Waals surface area contributed by atoms with Crippen LogP contribution >= 0.6 is 0 Å². The number of carbonyl (C=O) groups excluding carboxylic acids is 1. The van der Waals surface area contributed by atoms with Crippen molar-refractivity contribution in [2.75, 3.05) is 31.6 Å². The second kappa shape index (κ2) is 7.61. The topological polar surface area (TPSA) is 80.7 Å². The number of benzene rings is 1. The van der Waals surface area contributed by atoms with Crippen LogP contribution in [0.5, 0.6) is 0 Å². The summed E-state index contributed by atoms with van der Waals surface area (Å²) in [7, 11) is 0. The summed E-state index contributed by atoms with van der Waals surface area (Å²) >= 11 is 0. The summed E-state index contributed by atoms with van der Waals surface area (Å²) in [6.45, 7) is 6.55. The molecule has 6 heteroatoms. The molecule has 0 bridgehead atoms. The minimum atomic E-state index is -0.190. The number of nitrogens with zero attached hydrogens (tertiary/aromatic N) is 1. The summed E-state index contributed by atoms with van der Waals surface area (Å²) in [6, 6.07) is 7.84. The van der Waals surface area contributed by atoms with Crippen LogP contribution in [-0.4, -0.2) is 37.1 Å². The first-order valence-corrected chi connectivity index (χ1v) is 8.14. The Morgan fingerprint density at radius 2 is 2.08 bits per heavy atom. The second-order valence-corrected chi connectivity index (χ2v) is 6.00. The molecule has 6 nitrogen and oxygen atoms in total. The first kappa shape index (κ1) is 16.7. The predicted octanol–water partition coefficient (Wildman–Crippen LogP) is 2.13. The largest absolute Gasteiger partial charge is 0.467 e. The van der Waals surface area contributed by atoms with Crippen LogP contribution in [0.25, 0.3) is 0 Å². The van der Waals surface area contributed by atoms with E-state index in [1.54, 1.807) is 6.07 Å². The van der Waals surface area contributed by atoms with E-state index in [0.717, 1.165) is 44.1 Å². The Balaban J connectivity index is 1.70. The van der Waals surface area contributed by atoms with Crippen molar-refractivity contribution < 1.29 is 13.9 Å². The normalized spacial score (nSPS) is 15.4. The molecule has 3 N–H and O–H groups in total. The van der Waals surface area contributed by atoms with E-state index in [1.165, 1.54) is 11.8 Å². The zero-order chi connectivity index (χ0) is 16.9. The van der Waals surface area contributed by atoms with E-state index in [4.69, 9.17) is 14.9 Å². The van der Waals surface area contributed by atoms with Crippen molar-refractivity contribution in [3.63, 3.8) is 0 Å². The minimum Gasteiger partial charge on any atom is -0.467 e. The summed E-state index contributed by atoms with van der Waals surface area (Å²) in [5, 5.41) is 2.96. The van der Waals surface area contributed by atoms with Gasteiger partial charge in [0.1, 0.15) is 12.0 Å². The van der Waals surface area contributed by atoms with Crippen molar-refractivity contribution in [3.05, 3.63) is 53.0 Å². The zero-order valence-electron chi connectivity index (χ0n) is 13.9. The van der Waals surface area contributed by atoms with E-state index >= 15 is 0 Å². The molecule has 0 unspecified atom stereocenters. The number of aryl methyl sites for hydroxylation is 1. The molecule has 0 radical (unpaired) electrons. The highest BCUT2D eigenvalue weighted by Crippen LogP contribution is 2.20. The highest BCUT2D eigenvalue weighted by atomic mass is 16.5. The molecule has 1 aliphatic heterocycles. The SMILES string of the molecule is Cc1ccc(CN2CCOCC2)cc1NC(=O)c1coc(CN)c1. The molecule has 1 aliphatic rings. The molecule has 0 saturated carbocycles. The molecular formula is C18H23N3O3. The van der Waals surface area contributed by atoms with Gasteiger partial charge < -0.3 is 20.2 Å². The van der Waals surface area contributed by atoms with Gasteiger partial charge in [0.05, 0.1) is 25.3 Å². The van der Waals surface area contributed by atoms with E-state index < -0.39 is 0 Å². The molecule has 0 aliphatic carbocycles. The number of carbonyl (C=O) groups is 1. The van der Waals surface area contributed by atoms with Gasteiger partial charge in [-0.15, -0.1) is 0 Å². The molecule has 1 aromatic heterocycles. The van der Waals surface area contributed by atoms with Crippen LogP contribution in [0.2, 0.25) is 0 Å². The van der Waals surface area contributed by atoms with Crippen molar-refractivity contribution in [1.82, 2.24) is 4.90 Å². The smallest absolute Gasteiger partial charge is 0.258 e. The van der Waals surface area contributed by atoms with Gasteiger partial charge in [-0.05, 0) is 30.2 Å². The summed E-state index contributed by atoms with van der Waals surface area (Å²) < 4.78 is 10.6. The number of hydrogen-bond acceptors (Lipinski definition) is 5. The third-order valence-electron chi connectivity index (χ3n) is 4.18. The maximum Gasteiger partial charge on any atom is 0.258 e. The average Bonchev–Trinajstić information content (AvgIpc) is 3.08. The summed E-state index contributed by atoms with van der Waals surface area (Å²) in [6.07, 6.45) is 1.43. The van der Waals surface area contributed by atoms with Gasteiger partial charge in [0.15, 0.2) is 0 Å². The fraction of sp³-hybridized carbons (Fsp3) is 0.389. The van der Waals surface area contributed by atoms with E-state index in [2.05, 4.69) is 16.3 Å². The lowest BCUT2D eigenvalue weighted by Crippen LogP contribution is -2.35. The van der Waals surface area contributed by atoms with Crippen LogP contribution in [0.15, 0.2) is 34.9 Å². The van der Waals surface area contributed by atoms with Crippen LogP contribution in [0, 0.1) is 6.92 Å². The van der Waals surface area contributed by atoms with Crippen molar-refractivity contribution >= 4 is 11.6 Å². The average molecular weight is 329 g/mol. The minimum absolute atomic E-state index is 0.190. The first-order chi connectivity index (χ1) is 11.7. The maximum absolute atomic E-state index is 12.4. The lowest BCUT2D eigenvalue weighted by Gasteiger charge is -2.26. The monoisotopic (exact) mass is 329 g/mol. The molecule has 2 heterocycles. The molecule has 24 heavy (non-hydrogen) atoms.